The van der Waals surface area contributed by atoms with E-state index in [4.69, 9.17) is 9.47 Å². The summed E-state index contributed by atoms with van der Waals surface area (Å²) in [6, 6.07) is 0.473. The van der Waals surface area contributed by atoms with Crippen LogP contribution in [-0.2, 0) is 9.47 Å². The smallest absolute Gasteiger partial charge is 0.0809 e. The van der Waals surface area contributed by atoms with Crippen molar-refractivity contribution in [2.75, 3.05) is 20.3 Å². The summed E-state index contributed by atoms with van der Waals surface area (Å²) >= 11 is 0. The first-order valence-corrected chi connectivity index (χ1v) is 9.13. The maximum Gasteiger partial charge on any atom is 0.0809 e. The fourth-order valence-electron chi connectivity index (χ4n) is 5.14. The van der Waals surface area contributed by atoms with Crippen molar-refractivity contribution >= 4 is 0 Å². The van der Waals surface area contributed by atoms with E-state index in [1.165, 1.54) is 64.2 Å². The molecule has 21 heavy (non-hydrogen) atoms. The van der Waals surface area contributed by atoms with Gasteiger partial charge in [-0.1, -0.05) is 19.3 Å². The van der Waals surface area contributed by atoms with Crippen LogP contribution in [0.5, 0.6) is 0 Å². The highest BCUT2D eigenvalue weighted by atomic mass is 16.5. The molecule has 2 aliphatic heterocycles. The molecule has 1 saturated carbocycles. The van der Waals surface area contributed by atoms with Gasteiger partial charge in [-0.3, -0.25) is 0 Å². The molecule has 3 unspecified atom stereocenters. The monoisotopic (exact) mass is 295 g/mol. The molecule has 2 heterocycles. The third kappa shape index (κ3) is 3.30. The molecule has 3 rings (SSSR count). The molecule has 3 atom stereocenters. The third-order valence-corrected chi connectivity index (χ3v) is 6.24. The van der Waals surface area contributed by atoms with Crippen LogP contribution in [-0.4, -0.2) is 37.5 Å². The SMILES string of the molecule is CNC(C1CCOC2(CCCCC2)C1)C1(C)CCCCO1. The minimum absolute atomic E-state index is 0.0187. The summed E-state index contributed by atoms with van der Waals surface area (Å²) in [5.41, 5.74) is 0.214. The van der Waals surface area contributed by atoms with E-state index in [1.54, 1.807) is 0 Å². The average Bonchev–Trinajstić information content (AvgIpc) is 2.49. The lowest BCUT2D eigenvalue weighted by molar-refractivity contribution is -0.149. The van der Waals surface area contributed by atoms with Gasteiger partial charge in [0.15, 0.2) is 0 Å². The van der Waals surface area contributed by atoms with Gasteiger partial charge in [0.05, 0.1) is 11.2 Å². The zero-order valence-electron chi connectivity index (χ0n) is 14.0. The summed E-state index contributed by atoms with van der Waals surface area (Å²) in [7, 11) is 2.12. The molecule has 0 amide bonds. The molecule has 1 aliphatic carbocycles. The number of nitrogens with one attached hydrogen (secondary N) is 1. The average molecular weight is 295 g/mol. The summed E-state index contributed by atoms with van der Waals surface area (Å²) in [5.74, 6) is 0.699. The van der Waals surface area contributed by atoms with E-state index < -0.39 is 0 Å². The molecular weight excluding hydrogens is 262 g/mol. The second kappa shape index (κ2) is 6.55. The fraction of sp³-hybridized carbons (Fsp3) is 1.00. The van der Waals surface area contributed by atoms with Gasteiger partial charge in [-0.2, -0.15) is 0 Å². The van der Waals surface area contributed by atoms with Crippen molar-refractivity contribution in [3.63, 3.8) is 0 Å². The van der Waals surface area contributed by atoms with Crippen LogP contribution in [0.2, 0.25) is 0 Å². The predicted molar refractivity (Wildman–Crippen MR) is 85.5 cm³/mol. The van der Waals surface area contributed by atoms with Gasteiger partial charge in [-0.25, -0.2) is 0 Å². The van der Waals surface area contributed by atoms with E-state index in [0.717, 1.165) is 13.2 Å². The molecule has 3 nitrogen and oxygen atoms in total. The first-order chi connectivity index (χ1) is 10.2. The second-order valence-electron chi connectivity index (χ2n) is 7.73. The van der Waals surface area contributed by atoms with Crippen molar-refractivity contribution in [1.82, 2.24) is 5.32 Å². The minimum Gasteiger partial charge on any atom is -0.375 e. The maximum atomic E-state index is 6.28. The Labute approximate surface area is 130 Å². The van der Waals surface area contributed by atoms with E-state index >= 15 is 0 Å². The second-order valence-corrected chi connectivity index (χ2v) is 7.73. The zero-order valence-corrected chi connectivity index (χ0v) is 14.0. The van der Waals surface area contributed by atoms with E-state index in [0.29, 0.717) is 12.0 Å². The van der Waals surface area contributed by atoms with Gasteiger partial charge in [-0.05, 0) is 64.8 Å². The van der Waals surface area contributed by atoms with Gasteiger partial charge < -0.3 is 14.8 Å². The zero-order chi connectivity index (χ0) is 14.8. The molecule has 122 valence electrons. The number of likely N-dealkylation sites (N-methyl/N-ethyl adjacent to an activating group) is 1. The Morgan fingerprint density at radius 3 is 2.38 bits per heavy atom. The van der Waals surface area contributed by atoms with Crippen molar-refractivity contribution in [3.05, 3.63) is 0 Å². The first-order valence-electron chi connectivity index (χ1n) is 9.13. The molecule has 1 spiro atoms. The lowest BCUT2D eigenvalue weighted by Crippen LogP contribution is -2.58. The molecule has 0 aromatic rings. The standard InChI is InChI=1S/C18H33NO2/c1-17(9-6-7-12-20-17)16(19-2)15-8-13-21-18(14-15)10-4-3-5-11-18/h15-16,19H,3-14H2,1-2H3. The van der Waals surface area contributed by atoms with Crippen LogP contribution in [0.1, 0.15) is 71.1 Å². The van der Waals surface area contributed by atoms with E-state index in [9.17, 15) is 0 Å². The van der Waals surface area contributed by atoms with Crippen molar-refractivity contribution < 1.29 is 9.47 Å². The lowest BCUT2D eigenvalue weighted by Gasteiger charge is -2.50. The van der Waals surface area contributed by atoms with Crippen LogP contribution in [0.3, 0.4) is 0 Å². The summed E-state index contributed by atoms with van der Waals surface area (Å²) in [6.45, 7) is 4.21. The number of hydrogen-bond acceptors (Lipinski definition) is 3. The molecule has 2 saturated heterocycles. The van der Waals surface area contributed by atoms with Crippen LogP contribution in [0.25, 0.3) is 0 Å². The van der Waals surface area contributed by atoms with Crippen molar-refractivity contribution in [3.8, 4) is 0 Å². The van der Waals surface area contributed by atoms with Gasteiger partial charge in [0.2, 0.25) is 0 Å². The molecule has 1 N–H and O–H groups in total. The first kappa shape index (κ1) is 15.8. The molecule has 0 radical (unpaired) electrons. The summed E-state index contributed by atoms with van der Waals surface area (Å²) in [6.07, 6.45) is 12.8. The Morgan fingerprint density at radius 1 is 0.952 bits per heavy atom. The number of rotatable bonds is 3. The third-order valence-electron chi connectivity index (χ3n) is 6.24. The lowest BCUT2D eigenvalue weighted by atomic mass is 9.70. The largest absolute Gasteiger partial charge is 0.375 e. The summed E-state index contributed by atoms with van der Waals surface area (Å²) in [4.78, 5) is 0. The van der Waals surface area contributed by atoms with Crippen molar-refractivity contribution in [1.29, 1.82) is 0 Å². The molecule has 3 heteroatoms. The number of ether oxygens (including phenoxy) is 2. The quantitative estimate of drug-likeness (QED) is 0.862. The van der Waals surface area contributed by atoms with Crippen LogP contribution < -0.4 is 5.32 Å². The topological polar surface area (TPSA) is 30.5 Å². The Bertz CT molecular complexity index is 327. The van der Waals surface area contributed by atoms with Gasteiger partial charge in [-0.15, -0.1) is 0 Å². The normalized spacial score (nSPS) is 38.3. The van der Waals surface area contributed by atoms with Crippen LogP contribution in [0.15, 0.2) is 0 Å². The molecular formula is C18H33NO2. The van der Waals surface area contributed by atoms with E-state index in [1.807, 2.05) is 0 Å². The summed E-state index contributed by atoms with van der Waals surface area (Å²) < 4.78 is 12.5. The van der Waals surface area contributed by atoms with Gasteiger partial charge in [0, 0.05) is 19.3 Å². The molecule has 0 aromatic heterocycles. The molecule has 0 bridgehead atoms. The van der Waals surface area contributed by atoms with Gasteiger partial charge in [0.1, 0.15) is 0 Å². The molecule has 0 aromatic carbocycles. The van der Waals surface area contributed by atoms with Crippen molar-refractivity contribution in [2.24, 2.45) is 5.92 Å². The van der Waals surface area contributed by atoms with E-state index in [-0.39, 0.29) is 11.2 Å². The minimum atomic E-state index is 0.0187. The Hall–Kier alpha value is -0.120. The summed E-state index contributed by atoms with van der Waals surface area (Å²) in [5, 5.41) is 3.62. The van der Waals surface area contributed by atoms with Gasteiger partial charge >= 0.3 is 0 Å². The Kier molecular flexibility index (Phi) is 4.92. The maximum absolute atomic E-state index is 6.28. The Balaban J connectivity index is 1.71. The highest BCUT2D eigenvalue weighted by molar-refractivity contribution is 5.00. The molecule has 3 fully saturated rings. The van der Waals surface area contributed by atoms with E-state index in [2.05, 4.69) is 19.3 Å². The Morgan fingerprint density at radius 2 is 1.71 bits per heavy atom. The van der Waals surface area contributed by atoms with Crippen LogP contribution in [0, 0.1) is 5.92 Å². The molecule has 3 aliphatic rings. The highest BCUT2D eigenvalue weighted by Crippen LogP contribution is 2.44. The van der Waals surface area contributed by atoms with Gasteiger partial charge in [0.25, 0.3) is 0 Å². The van der Waals surface area contributed by atoms with Crippen molar-refractivity contribution in [2.45, 2.75) is 88.4 Å². The number of hydrogen-bond donors (Lipinski definition) is 1. The van der Waals surface area contributed by atoms with Crippen LogP contribution in [0.4, 0.5) is 0 Å². The fourth-order valence-corrected chi connectivity index (χ4v) is 5.14. The predicted octanol–water partition coefficient (Wildman–Crippen LogP) is 3.66. The highest BCUT2D eigenvalue weighted by Gasteiger charge is 2.46. The van der Waals surface area contributed by atoms with Crippen LogP contribution >= 0.6 is 0 Å².